The second-order valence-electron chi connectivity index (χ2n) is 3.63. The fourth-order valence-corrected chi connectivity index (χ4v) is 1.88. The summed E-state index contributed by atoms with van der Waals surface area (Å²) in [5.41, 5.74) is 2.76. The van der Waals surface area contributed by atoms with Crippen molar-refractivity contribution in [3.8, 4) is 0 Å². The molecule has 0 saturated heterocycles. The molecule has 1 radical (unpaired) electrons. The van der Waals surface area contributed by atoms with Crippen LogP contribution in [-0.2, 0) is 0 Å². The average Bonchev–Trinajstić information content (AvgIpc) is 2.23. The largest absolute Gasteiger partial charge is 0.0648 e. The van der Waals surface area contributed by atoms with Crippen LogP contribution in [0, 0.1) is 13.3 Å². The van der Waals surface area contributed by atoms with Gasteiger partial charge in [0.15, 0.2) is 0 Å². The van der Waals surface area contributed by atoms with Crippen LogP contribution in [0.2, 0.25) is 0 Å². The van der Waals surface area contributed by atoms with E-state index in [2.05, 4.69) is 56.7 Å². The third kappa shape index (κ3) is 1.52. The molecule has 0 N–H and O–H groups in total. The van der Waals surface area contributed by atoms with E-state index in [1.807, 2.05) is 0 Å². The van der Waals surface area contributed by atoms with Crippen molar-refractivity contribution < 1.29 is 0 Å². The van der Waals surface area contributed by atoms with Crippen LogP contribution in [-0.4, -0.2) is 0 Å². The summed E-state index contributed by atoms with van der Waals surface area (Å²) >= 11 is 0. The SMILES string of the molecule is CC[CH]c1c(C)ccc2ccccc12. The first-order valence-electron chi connectivity index (χ1n) is 5.14. The maximum Gasteiger partial charge on any atom is -0.00867 e. The quantitative estimate of drug-likeness (QED) is 0.657. The molecule has 0 unspecified atom stereocenters. The highest BCUT2D eigenvalue weighted by Gasteiger charge is 2.02. The van der Waals surface area contributed by atoms with Crippen molar-refractivity contribution >= 4 is 10.8 Å². The molecule has 14 heavy (non-hydrogen) atoms. The molecule has 0 aromatic heterocycles. The summed E-state index contributed by atoms with van der Waals surface area (Å²) < 4.78 is 0. The third-order valence-corrected chi connectivity index (χ3v) is 2.60. The molecule has 2 rings (SSSR count). The Hall–Kier alpha value is -1.30. The van der Waals surface area contributed by atoms with Crippen LogP contribution in [0.5, 0.6) is 0 Å². The Kier molecular flexibility index (Phi) is 2.53. The van der Waals surface area contributed by atoms with Crippen molar-refractivity contribution in [1.29, 1.82) is 0 Å². The highest BCUT2D eigenvalue weighted by atomic mass is 14.1. The molecule has 2 aromatic rings. The number of hydrogen-bond donors (Lipinski definition) is 0. The molecule has 0 heterocycles. The number of aryl methyl sites for hydroxylation is 1. The molecule has 0 saturated carbocycles. The minimum atomic E-state index is 1.09. The van der Waals surface area contributed by atoms with Crippen LogP contribution in [0.1, 0.15) is 24.5 Å². The van der Waals surface area contributed by atoms with Crippen LogP contribution in [0.25, 0.3) is 10.8 Å². The lowest BCUT2D eigenvalue weighted by molar-refractivity contribution is 1.12. The first kappa shape index (κ1) is 9.26. The number of rotatable bonds is 2. The highest BCUT2D eigenvalue weighted by molar-refractivity contribution is 5.87. The molecular formula is C14H15. The molecule has 0 aliphatic carbocycles. The Morgan fingerprint density at radius 1 is 1.07 bits per heavy atom. The molecule has 0 amide bonds. The second-order valence-corrected chi connectivity index (χ2v) is 3.63. The Labute approximate surface area is 85.6 Å². The zero-order valence-electron chi connectivity index (χ0n) is 8.75. The molecule has 0 fully saturated rings. The van der Waals surface area contributed by atoms with E-state index in [4.69, 9.17) is 0 Å². The van der Waals surface area contributed by atoms with Gasteiger partial charge >= 0.3 is 0 Å². The minimum absolute atomic E-state index is 1.09. The summed E-state index contributed by atoms with van der Waals surface area (Å²) in [5.74, 6) is 0. The van der Waals surface area contributed by atoms with Crippen molar-refractivity contribution in [3.05, 3.63) is 53.9 Å². The first-order chi connectivity index (χ1) is 6.83. The molecule has 0 heteroatoms. The maximum absolute atomic E-state index is 2.30. The molecule has 71 valence electrons. The van der Waals surface area contributed by atoms with Gasteiger partial charge in [0.1, 0.15) is 0 Å². The fraction of sp³-hybridized carbons (Fsp3) is 0.214. The van der Waals surface area contributed by atoms with Gasteiger partial charge in [-0.25, -0.2) is 0 Å². The predicted octanol–water partition coefficient (Wildman–Crippen LogP) is 4.11. The Balaban J connectivity index is 2.69. The van der Waals surface area contributed by atoms with Gasteiger partial charge in [0.05, 0.1) is 0 Å². The summed E-state index contributed by atoms with van der Waals surface area (Å²) in [5, 5.41) is 2.70. The summed E-state index contributed by atoms with van der Waals surface area (Å²) in [6.07, 6.45) is 3.40. The lowest BCUT2D eigenvalue weighted by Crippen LogP contribution is -1.88. The van der Waals surface area contributed by atoms with Gasteiger partial charge in [0.2, 0.25) is 0 Å². The molecule has 0 aliphatic heterocycles. The van der Waals surface area contributed by atoms with Gasteiger partial charge in [-0.05, 0) is 41.7 Å². The van der Waals surface area contributed by atoms with Gasteiger partial charge in [-0.2, -0.15) is 0 Å². The first-order valence-corrected chi connectivity index (χ1v) is 5.14. The third-order valence-electron chi connectivity index (χ3n) is 2.60. The van der Waals surface area contributed by atoms with Crippen molar-refractivity contribution in [2.45, 2.75) is 20.3 Å². The van der Waals surface area contributed by atoms with Crippen LogP contribution >= 0.6 is 0 Å². The fourth-order valence-electron chi connectivity index (χ4n) is 1.88. The van der Waals surface area contributed by atoms with Gasteiger partial charge in [0, 0.05) is 0 Å². The van der Waals surface area contributed by atoms with E-state index < -0.39 is 0 Å². The van der Waals surface area contributed by atoms with Crippen molar-refractivity contribution in [1.82, 2.24) is 0 Å². The lowest BCUT2D eigenvalue weighted by Gasteiger charge is -2.08. The van der Waals surface area contributed by atoms with Gasteiger partial charge in [-0.1, -0.05) is 43.3 Å². The van der Waals surface area contributed by atoms with E-state index in [1.54, 1.807) is 0 Å². The van der Waals surface area contributed by atoms with E-state index in [-0.39, 0.29) is 0 Å². The zero-order chi connectivity index (χ0) is 9.97. The number of benzene rings is 2. The number of fused-ring (bicyclic) bond motifs is 1. The van der Waals surface area contributed by atoms with Crippen LogP contribution in [0.15, 0.2) is 36.4 Å². The van der Waals surface area contributed by atoms with Gasteiger partial charge < -0.3 is 0 Å². The lowest BCUT2D eigenvalue weighted by atomic mass is 9.97. The van der Waals surface area contributed by atoms with E-state index in [0.29, 0.717) is 0 Å². The molecule has 0 bridgehead atoms. The maximum atomic E-state index is 2.30. The minimum Gasteiger partial charge on any atom is -0.0648 e. The summed E-state index contributed by atoms with van der Waals surface area (Å²) in [7, 11) is 0. The van der Waals surface area contributed by atoms with Gasteiger partial charge in [-0.3, -0.25) is 0 Å². The predicted molar refractivity (Wildman–Crippen MR) is 62.4 cm³/mol. The van der Waals surface area contributed by atoms with Gasteiger partial charge in [0.25, 0.3) is 0 Å². The van der Waals surface area contributed by atoms with Crippen LogP contribution < -0.4 is 0 Å². The second kappa shape index (κ2) is 3.83. The Morgan fingerprint density at radius 3 is 2.64 bits per heavy atom. The summed E-state index contributed by atoms with van der Waals surface area (Å²) in [6, 6.07) is 13.0. The molecule has 0 atom stereocenters. The topological polar surface area (TPSA) is 0 Å². The Bertz CT molecular complexity index is 441. The van der Waals surface area contributed by atoms with Crippen LogP contribution in [0.4, 0.5) is 0 Å². The molecule has 2 aromatic carbocycles. The summed E-state index contributed by atoms with van der Waals surface area (Å²) in [6.45, 7) is 4.36. The standard InChI is InChI=1S/C14H15/c1-3-6-13-11(2)9-10-12-7-4-5-8-14(12)13/h4-10H,3H2,1-2H3. The smallest absolute Gasteiger partial charge is 0.00867 e. The number of hydrogen-bond acceptors (Lipinski definition) is 0. The monoisotopic (exact) mass is 183 g/mol. The van der Waals surface area contributed by atoms with Crippen molar-refractivity contribution in [3.63, 3.8) is 0 Å². The van der Waals surface area contributed by atoms with Crippen molar-refractivity contribution in [2.75, 3.05) is 0 Å². The zero-order valence-corrected chi connectivity index (χ0v) is 8.75. The van der Waals surface area contributed by atoms with E-state index in [0.717, 1.165) is 6.42 Å². The highest BCUT2D eigenvalue weighted by Crippen LogP contribution is 2.24. The van der Waals surface area contributed by atoms with E-state index in [9.17, 15) is 0 Å². The molecular weight excluding hydrogens is 168 g/mol. The molecule has 0 spiro atoms. The average molecular weight is 183 g/mol. The molecule has 0 aliphatic rings. The van der Waals surface area contributed by atoms with E-state index >= 15 is 0 Å². The van der Waals surface area contributed by atoms with Gasteiger partial charge in [-0.15, -0.1) is 0 Å². The summed E-state index contributed by atoms with van der Waals surface area (Å²) in [4.78, 5) is 0. The molecule has 0 nitrogen and oxygen atoms in total. The normalized spacial score (nSPS) is 10.7. The van der Waals surface area contributed by atoms with Crippen molar-refractivity contribution in [2.24, 2.45) is 0 Å². The van der Waals surface area contributed by atoms with Crippen LogP contribution in [0.3, 0.4) is 0 Å². The Morgan fingerprint density at radius 2 is 1.86 bits per heavy atom. The van der Waals surface area contributed by atoms with E-state index in [1.165, 1.54) is 21.9 Å².